The number of ether oxygens (including phenoxy) is 1. The summed E-state index contributed by atoms with van der Waals surface area (Å²) >= 11 is 1.65. The zero-order valence-electron chi connectivity index (χ0n) is 13.2. The molecule has 3 aromatic rings. The van der Waals surface area contributed by atoms with Crippen LogP contribution in [-0.4, -0.2) is 38.2 Å². The van der Waals surface area contributed by atoms with Crippen molar-refractivity contribution < 1.29 is 4.74 Å². The van der Waals surface area contributed by atoms with Crippen LogP contribution in [-0.2, 0) is 11.3 Å². The predicted octanol–water partition coefficient (Wildman–Crippen LogP) is 3.66. The third-order valence-corrected chi connectivity index (χ3v) is 5.31. The SMILES string of the molecule is CCn1c2ccccc2c2nnc(SCC3CCCCO3)nc21. The van der Waals surface area contributed by atoms with Gasteiger partial charge in [0, 0.05) is 24.3 Å². The van der Waals surface area contributed by atoms with Crippen LogP contribution in [0, 0.1) is 0 Å². The van der Waals surface area contributed by atoms with Crippen molar-refractivity contribution in [3.05, 3.63) is 24.3 Å². The molecule has 1 aliphatic heterocycles. The molecule has 23 heavy (non-hydrogen) atoms. The van der Waals surface area contributed by atoms with E-state index in [1.165, 1.54) is 18.4 Å². The quantitative estimate of drug-likeness (QED) is 0.684. The molecule has 0 aliphatic carbocycles. The highest BCUT2D eigenvalue weighted by molar-refractivity contribution is 7.99. The summed E-state index contributed by atoms with van der Waals surface area (Å²) in [5, 5.41) is 10.6. The van der Waals surface area contributed by atoms with Crippen LogP contribution < -0.4 is 0 Å². The van der Waals surface area contributed by atoms with E-state index in [4.69, 9.17) is 9.72 Å². The van der Waals surface area contributed by atoms with Gasteiger partial charge in [-0.3, -0.25) is 0 Å². The number of aromatic nitrogens is 4. The van der Waals surface area contributed by atoms with Crippen molar-refractivity contribution in [1.29, 1.82) is 0 Å². The molecule has 6 heteroatoms. The molecule has 1 saturated heterocycles. The summed E-state index contributed by atoms with van der Waals surface area (Å²) in [6, 6.07) is 8.29. The fourth-order valence-corrected chi connectivity index (χ4v) is 4.02. The largest absolute Gasteiger partial charge is 0.377 e. The Labute approximate surface area is 139 Å². The number of rotatable bonds is 4. The first kappa shape index (κ1) is 14.9. The number of fused-ring (bicyclic) bond motifs is 3. The van der Waals surface area contributed by atoms with Gasteiger partial charge < -0.3 is 9.30 Å². The highest BCUT2D eigenvalue weighted by Crippen LogP contribution is 2.27. The molecule has 3 heterocycles. The van der Waals surface area contributed by atoms with Gasteiger partial charge in [0.15, 0.2) is 5.65 Å². The first-order valence-electron chi connectivity index (χ1n) is 8.23. The molecule has 0 spiro atoms. The Morgan fingerprint density at radius 3 is 3.00 bits per heavy atom. The second-order valence-electron chi connectivity index (χ2n) is 5.83. The van der Waals surface area contributed by atoms with Crippen LogP contribution >= 0.6 is 11.8 Å². The van der Waals surface area contributed by atoms with E-state index >= 15 is 0 Å². The van der Waals surface area contributed by atoms with Crippen molar-refractivity contribution in [3.63, 3.8) is 0 Å². The minimum Gasteiger partial charge on any atom is -0.377 e. The maximum absolute atomic E-state index is 5.78. The van der Waals surface area contributed by atoms with Crippen molar-refractivity contribution >= 4 is 33.8 Å². The monoisotopic (exact) mass is 328 g/mol. The highest BCUT2D eigenvalue weighted by atomic mass is 32.2. The molecular formula is C17H20N4OS. The Balaban J connectivity index is 1.65. The summed E-state index contributed by atoms with van der Waals surface area (Å²) in [4.78, 5) is 4.76. The van der Waals surface area contributed by atoms with Gasteiger partial charge in [-0.1, -0.05) is 30.0 Å². The third-order valence-electron chi connectivity index (χ3n) is 4.34. The van der Waals surface area contributed by atoms with E-state index in [0.717, 1.165) is 47.0 Å². The number of benzene rings is 1. The lowest BCUT2D eigenvalue weighted by Crippen LogP contribution is -2.21. The Kier molecular flexibility index (Phi) is 4.18. The highest BCUT2D eigenvalue weighted by Gasteiger charge is 2.17. The van der Waals surface area contributed by atoms with Crippen molar-refractivity contribution in [2.45, 2.75) is 44.0 Å². The topological polar surface area (TPSA) is 52.8 Å². The molecular weight excluding hydrogens is 308 g/mol. The Bertz CT molecular complexity index is 826. The average Bonchev–Trinajstić information content (AvgIpc) is 2.94. The molecule has 1 aliphatic rings. The molecule has 2 aromatic heterocycles. The molecule has 0 amide bonds. The van der Waals surface area contributed by atoms with Gasteiger partial charge >= 0.3 is 0 Å². The molecule has 0 radical (unpaired) electrons. The number of thioether (sulfide) groups is 1. The number of para-hydroxylation sites is 1. The van der Waals surface area contributed by atoms with Crippen LogP contribution in [0.25, 0.3) is 22.1 Å². The summed E-state index contributed by atoms with van der Waals surface area (Å²) in [7, 11) is 0. The van der Waals surface area contributed by atoms with Gasteiger partial charge in [-0.15, -0.1) is 10.2 Å². The van der Waals surface area contributed by atoms with E-state index in [2.05, 4.69) is 39.9 Å². The van der Waals surface area contributed by atoms with Gasteiger partial charge in [0.05, 0.1) is 11.6 Å². The van der Waals surface area contributed by atoms with E-state index in [1.54, 1.807) is 11.8 Å². The maximum Gasteiger partial charge on any atom is 0.211 e. The summed E-state index contributed by atoms with van der Waals surface area (Å²) in [5.41, 5.74) is 2.99. The molecule has 1 unspecified atom stereocenters. The van der Waals surface area contributed by atoms with Gasteiger partial charge in [0.25, 0.3) is 0 Å². The van der Waals surface area contributed by atoms with Crippen LogP contribution in [0.4, 0.5) is 0 Å². The molecule has 0 N–H and O–H groups in total. The van der Waals surface area contributed by atoms with Gasteiger partial charge in [0.2, 0.25) is 5.16 Å². The van der Waals surface area contributed by atoms with E-state index in [9.17, 15) is 0 Å². The van der Waals surface area contributed by atoms with Crippen molar-refractivity contribution in [3.8, 4) is 0 Å². The lowest BCUT2D eigenvalue weighted by atomic mass is 10.1. The fraction of sp³-hybridized carbons (Fsp3) is 0.471. The standard InChI is InChI=1S/C17H20N4OS/c1-2-21-14-9-4-3-8-13(14)15-16(21)18-17(20-19-15)23-11-12-7-5-6-10-22-12/h3-4,8-9,12H,2,5-7,10-11H2,1H3. The van der Waals surface area contributed by atoms with Crippen LogP contribution in [0.15, 0.2) is 29.4 Å². The average molecular weight is 328 g/mol. The molecule has 0 bridgehead atoms. The first-order chi connectivity index (χ1) is 11.4. The lowest BCUT2D eigenvalue weighted by Gasteiger charge is -2.21. The smallest absolute Gasteiger partial charge is 0.211 e. The Hall–Kier alpha value is -1.66. The van der Waals surface area contributed by atoms with Crippen LogP contribution in [0.2, 0.25) is 0 Å². The molecule has 0 saturated carbocycles. The molecule has 5 nitrogen and oxygen atoms in total. The molecule has 1 aromatic carbocycles. The lowest BCUT2D eigenvalue weighted by molar-refractivity contribution is 0.0315. The van der Waals surface area contributed by atoms with Crippen molar-refractivity contribution in [2.24, 2.45) is 0 Å². The zero-order chi connectivity index (χ0) is 15.6. The zero-order valence-corrected chi connectivity index (χ0v) is 14.1. The van der Waals surface area contributed by atoms with Crippen molar-refractivity contribution in [2.75, 3.05) is 12.4 Å². The second-order valence-corrected chi connectivity index (χ2v) is 6.81. The summed E-state index contributed by atoms with van der Waals surface area (Å²) in [6.45, 7) is 3.89. The van der Waals surface area contributed by atoms with Crippen LogP contribution in [0.3, 0.4) is 0 Å². The Morgan fingerprint density at radius 2 is 2.17 bits per heavy atom. The fourth-order valence-electron chi connectivity index (χ4n) is 3.18. The number of hydrogen-bond acceptors (Lipinski definition) is 5. The number of nitrogens with zero attached hydrogens (tertiary/aromatic N) is 4. The summed E-state index contributed by atoms with van der Waals surface area (Å²) in [5.74, 6) is 0.902. The van der Waals surface area contributed by atoms with E-state index in [-0.39, 0.29) is 0 Å². The molecule has 120 valence electrons. The van der Waals surface area contributed by atoms with E-state index in [0.29, 0.717) is 6.10 Å². The van der Waals surface area contributed by atoms with Gasteiger partial charge in [0.1, 0.15) is 5.52 Å². The predicted molar refractivity (Wildman–Crippen MR) is 92.8 cm³/mol. The number of hydrogen-bond donors (Lipinski definition) is 0. The molecule has 1 fully saturated rings. The molecule has 1 atom stereocenters. The molecule has 4 rings (SSSR count). The van der Waals surface area contributed by atoms with E-state index < -0.39 is 0 Å². The first-order valence-corrected chi connectivity index (χ1v) is 9.21. The van der Waals surface area contributed by atoms with Gasteiger partial charge in [-0.25, -0.2) is 4.98 Å². The van der Waals surface area contributed by atoms with Crippen LogP contribution in [0.5, 0.6) is 0 Å². The van der Waals surface area contributed by atoms with E-state index in [1.807, 2.05) is 6.07 Å². The normalized spacial score (nSPS) is 18.7. The second kappa shape index (κ2) is 6.45. The van der Waals surface area contributed by atoms with Crippen LogP contribution in [0.1, 0.15) is 26.2 Å². The minimum absolute atomic E-state index is 0.324. The Morgan fingerprint density at radius 1 is 1.26 bits per heavy atom. The number of aryl methyl sites for hydroxylation is 1. The third kappa shape index (κ3) is 2.81. The van der Waals surface area contributed by atoms with Gasteiger partial charge in [-0.2, -0.15) is 0 Å². The maximum atomic E-state index is 5.78. The minimum atomic E-state index is 0.324. The van der Waals surface area contributed by atoms with Crippen molar-refractivity contribution in [1.82, 2.24) is 19.7 Å². The van der Waals surface area contributed by atoms with Gasteiger partial charge in [-0.05, 0) is 32.3 Å². The summed E-state index contributed by atoms with van der Waals surface area (Å²) in [6.07, 6.45) is 3.90. The summed E-state index contributed by atoms with van der Waals surface area (Å²) < 4.78 is 7.99.